The van der Waals surface area contributed by atoms with Crippen molar-refractivity contribution in [1.29, 1.82) is 0 Å². The molecule has 150 valence electrons. The molecular weight excluding hydrogens is 351 g/mol. The number of aliphatic hydroxyl groups excluding tert-OH is 2. The summed E-state index contributed by atoms with van der Waals surface area (Å²) in [5, 5.41) is 31.5. The van der Waals surface area contributed by atoms with Gasteiger partial charge in [0.2, 0.25) is 0 Å². The van der Waals surface area contributed by atoms with Gasteiger partial charge in [-0.2, -0.15) is 0 Å². The van der Waals surface area contributed by atoms with Crippen LogP contribution in [0.3, 0.4) is 0 Å². The first-order valence-electron chi connectivity index (χ1n) is 10.0. The lowest BCUT2D eigenvalue weighted by Gasteiger charge is -2.63. The van der Waals surface area contributed by atoms with E-state index in [1.807, 2.05) is 6.92 Å². The Kier molecular flexibility index (Phi) is 4.06. The van der Waals surface area contributed by atoms with Crippen LogP contribution in [0.1, 0.15) is 58.8 Å². The number of fused-ring (bicyclic) bond motifs is 5. The Labute approximate surface area is 158 Å². The molecule has 0 aliphatic heterocycles. The van der Waals surface area contributed by atoms with Gasteiger partial charge in [0, 0.05) is 23.2 Å². The van der Waals surface area contributed by atoms with Crippen molar-refractivity contribution >= 4 is 11.6 Å². The van der Waals surface area contributed by atoms with E-state index in [4.69, 9.17) is 0 Å². The van der Waals surface area contributed by atoms with Crippen LogP contribution in [0.5, 0.6) is 0 Å². The average molecular weight is 380 g/mol. The summed E-state index contributed by atoms with van der Waals surface area (Å²) in [5.74, 6) is -1.36. The monoisotopic (exact) mass is 380 g/mol. The molecule has 3 saturated carbocycles. The van der Waals surface area contributed by atoms with Crippen LogP contribution in [0.15, 0.2) is 11.6 Å². The topological polar surface area (TPSA) is 94.8 Å². The zero-order chi connectivity index (χ0) is 19.8. The van der Waals surface area contributed by atoms with Crippen LogP contribution in [0.4, 0.5) is 4.39 Å². The van der Waals surface area contributed by atoms with E-state index >= 15 is 4.39 Å². The Bertz CT molecular complexity index is 734. The van der Waals surface area contributed by atoms with Crippen molar-refractivity contribution in [2.24, 2.45) is 22.7 Å². The molecule has 27 heavy (non-hydrogen) atoms. The number of carbonyl (C=O) groups is 2. The standard InChI is InChI=1S/C21H29FO5/c1-18-7-5-13(24)9-12(18)3-4-15-14-6-8-20(27,17(26)11-23)19(14,2)10-16(25)21(15,18)22/h9,14-16,23,25,27H,3-8,10-11H2,1-2H3/t14?,15?,16?,18?,19?,20-,21-/m0/s1. The Hall–Kier alpha value is -1.11. The third kappa shape index (κ3) is 2.10. The van der Waals surface area contributed by atoms with Crippen molar-refractivity contribution in [3.63, 3.8) is 0 Å². The maximum Gasteiger partial charge on any atom is 0.190 e. The van der Waals surface area contributed by atoms with Crippen LogP contribution < -0.4 is 0 Å². The van der Waals surface area contributed by atoms with Crippen molar-refractivity contribution in [2.75, 3.05) is 6.61 Å². The highest BCUT2D eigenvalue weighted by molar-refractivity contribution is 5.92. The minimum atomic E-state index is -1.88. The second kappa shape index (κ2) is 5.71. The second-order valence-corrected chi connectivity index (χ2v) is 9.61. The Morgan fingerprint density at radius 2 is 1.93 bits per heavy atom. The van der Waals surface area contributed by atoms with Crippen LogP contribution in [0.2, 0.25) is 0 Å². The third-order valence-electron chi connectivity index (χ3n) is 8.80. The number of Topliss-reactive ketones (excluding diaryl/α,β-unsaturated/α-hetero) is 1. The summed E-state index contributed by atoms with van der Waals surface area (Å²) in [5.41, 5.74) is -4.68. The fourth-order valence-corrected chi connectivity index (χ4v) is 7.16. The zero-order valence-corrected chi connectivity index (χ0v) is 16.0. The molecule has 4 aliphatic carbocycles. The summed E-state index contributed by atoms with van der Waals surface area (Å²) in [4.78, 5) is 24.2. The quantitative estimate of drug-likeness (QED) is 0.680. The molecule has 5 nitrogen and oxygen atoms in total. The molecule has 0 bridgehead atoms. The lowest BCUT2D eigenvalue weighted by molar-refractivity contribution is -0.226. The fraction of sp³-hybridized carbons (Fsp3) is 0.810. The van der Waals surface area contributed by atoms with Gasteiger partial charge in [0.25, 0.3) is 0 Å². The van der Waals surface area contributed by atoms with Gasteiger partial charge in [-0.25, -0.2) is 4.39 Å². The first-order valence-corrected chi connectivity index (χ1v) is 10.0. The second-order valence-electron chi connectivity index (χ2n) is 9.61. The van der Waals surface area contributed by atoms with Gasteiger partial charge in [0.1, 0.15) is 17.9 Å². The van der Waals surface area contributed by atoms with E-state index < -0.39 is 46.5 Å². The fourth-order valence-electron chi connectivity index (χ4n) is 7.16. The van der Waals surface area contributed by atoms with E-state index in [9.17, 15) is 24.9 Å². The Balaban J connectivity index is 1.80. The molecule has 0 saturated heterocycles. The van der Waals surface area contributed by atoms with E-state index in [0.717, 1.165) is 5.57 Å². The molecule has 0 aromatic rings. The van der Waals surface area contributed by atoms with Crippen LogP contribution in [0.25, 0.3) is 0 Å². The highest BCUT2D eigenvalue weighted by Crippen LogP contribution is 2.70. The lowest BCUT2D eigenvalue weighted by Crippen LogP contribution is -2.69. The first-order chi connectivity index (χ1) is 12.5. The van der Waals surface area contributed by atoms with Gasteiger partial charge in [-0.3, -0.25) is 9.59 Å². The van der Waals surface area contributed by atoms with Crippen molar-refractivity contribution in [3.8, 4) is 0 Å². The Morgan fingerprint density at radius 3 is 2.59 bits per heavy atom. The van der Waals surface area contributed by atoms with Gasteiger partial charge in [-0.1, -0.05) is 19.4 Å². The molecule has 6 heteroatoms. The van der Waals surface area contributed by atoms with Crippen LogP contribution in [0, 0.1) is 22.7 Å². The van der Waals surface area contributed by atoms with E-state index in [-0.39, 0.29) is 31.0 Å². The molecule has 4 aliphatic rings. The van der Waals surface area contributed by atoms with Gasteiger partial charge in [-0.05, 0) is 50.5 Å². The van der Waals surface area contributed by atoms with Gasteiger partial charge in [-0.15, -0.1) is 0 Å². The summed E-state index contributed by atoms with van der Waals surface area (Å²) in [6.07, 6.45) is 2.65. The normalized spacial score (nSPS) is 51.9. The first kappa shape index (κ1) is 19.2. The average Bonchev–Trinajstić information content (AvgIpc) is 2.88. The molecule has 0 aromatic carbocycles. The molecular formula is C21H29FO5. The van der Waals surface area contributed by atoms with E-state index in [0.29, 0.717) is 25.7 Å². The van der Waals surface area contributed by atoms with Crippen molar-refractivity contribution < 1.29 is 29.3 Å². The van der Waals surface area contributed by atoms with Crippen molar-refractivity contribution in [3.05, 3.63) is 11.6 Å². The molecule has 0 heterocycles. The van der Waals surface area contributed by atoms with Crippen LogP contribution in [-0.2, 0) is 9.59 Å². The predicted octanol–water partition coefficient (Wildman–Crippen LogP) is 1.87. The number of carbonyl (C=O) groups excluding carboxylic acids is 2. The highest BCUT2D eigenvalue weighted by atomic mass is 19.1. The van der Waals surface area contributed by atoms with Crippen LogP contribution >= 0.6 is 0 Å². The molecule has 0 spiro atoms. The molecule has 0 amide bonds. The molecule has 7 atom stereocenters. The molecule has 3 N–H and O–H groups in total. The summed E-state index contributed by atoms with van der Waals surface area (Å²) >= 11 is 0. The minimum Gasteiger partial charge on any atom is -0.390 e. The SMILES string of the molecule is CC12CCC(=O)C=C1CCC1C3CC[C@](O)(C(=O)CO)C3(C)CC(O)[C@@]12F. The molecule has 0 aromatic heterocycles. The summed E-state index contributed by atoms with van der Waals surface area (Å²) in [6.45, 7) is 2.83. The smallest absolute Gasteiger partial charge is 0.190 e. The lowest BCUT2D eigenvalue weighted by atomic mass is 9.44. The van der Waals surface area contributed by atoms with Gasteiger partial charge >= 0.3 is 0 Å². The number of halogens is 1. The molecule has 3 fully saturated rings. The molecule has 4 rings (SSSR count). The number of hydrogen-bond donors (Lipinski definition) is 3. The number of allylic oxidation sites excluding steroid dienone is 1. The maximum atomic E-state index is 16.8. The number of hydrogen-bond acceptors (Lipinski definition) is 5. The largest absolute Gasteiger partial charge is 0.390 e. The summed E-state index contributed by atoms with van der Waals surface area (Å²) in [6, 6.07) is 0. The summed E-state index contributed by atoms with van der Waals surface area (Å²) in [7, 11) is 0. The zero-order valence-electron chi connectivity index (χ0n) is 16.0. The maximum absolute atomic E-state index is 16.8. The number of ketones is 2. The van der Waals surface area contributed by atoms with Gasteiger partial charge in [0.15, 0.2) is 11.6 Å². The number of rotatable bonds is 2. The van der Waals surface area contributed by atoms with E-state index in [1.54, 1.807) is 13.0 Å². The van der Waals surface area contributed by atoms with Gasteiger partial charge in [0.05, 0.1) is 6.10 Å². The molecule has 0 radical (unpaired) electrons. The number of aliphatic hydroxyl groups is 3. The predicted molar refractivity (Wildman–Crippen MR) is 95.5 cm³/mol. The highest BCUT2D eigenvalue weighted by Gasteiger charge is 2.74. The Morgan fingerprint density at radius 1 is 1.22 bits per heavy atom. The third-order valence-corrected chi connectivity index (χ3v) is 8.80. The minimum absolute atomic E-state index is 0.0171. The van der Waals surface area contributed by atoms with Gasteiger partial charge < -0.3 is 15.3 Å². The van der Waals surface area contributed by atoms with Crippen molar-refractivity contribution in [2.45, 2.75) is 76.2 Å². The van der Waals surface area contributed by atoms with Crippen molar-refractivity contribution in [1.82, 2.24) is 0 Å². The molecule has 5 unspecified atom stereocenters. The van der Waals surface area contributed by atoms with E-state index in [2.05, 4.69) is 0 Å². The van der Waals surface area contributed by atoms with E-state index in [1.165, 1.54) is 0 Å². The number of alkyl halides is 1. The van der Waals surface area contributed by atoms with Crippen LogP contribution in [-0.4, -0.2) is 50.9 Å². The summed E-state index contributed by atoms with van der Waals surface area (Å²) < 4.78 is 16.8.